The molecule has 4 aromatic heterocycles. The zero-order valence-electron chi connectivity index (χ0n) is 12.9. The van der Waals surface area contributed by atoms with Crippen molar-refractivity contribution in [3.63, 3.8) is 0 Å². The van der Waals surface area contributed by atoms with Gasteiger partial charge in [-0.25, -0.2) is 14.5 Å². The van der Waals surface area contributed by atoms with Crippen LogP contribution >= 0.6 is 23.1 Å². The number of pyridine rings is 1. The molecule has 4 rings (SSSR count). The van der Waals surface area contributed by atoms with Gasteiger partial charge in [0.15, 0.2) is 5.65 Å². The number of H-pyrrole nitrogens is 1. The molecule has 0 aliphatic rings. The Kier molecular flexibility index (Phi) is 3.95. The zero-order valence-corrected chi connectivity index (χ0v) is 14.5. The quantitative estimate of drug-likeness (QED) is 0.567. The molecule has 0 fully saturated rings. The Morgan fingerprint density at radius 3 is 2.96 bits per heavy atom. The summed E-state index contributed by atoms with van der Waals surface area (Å²) in [5.41, 5.74) is 3.28. The maximum Gasteiger partial charge on any atom is 0.272 e. The van der Waals surface area contributed by atoms with Crippen LogP contribution < -0.4 is 5.56 Å². The molecular weight excluding hydrogens is 340 g/mol. The summed E-state index contributed by atoms with van der Waals surface area (Å²) in [7, 11) is 0. The number of thiophene rings is 1. The van der Waals surface area contributed by atoms with E-state index in [9.17, 15) is 4.79 Å². The molecule has 24 heavy (non-hydrogen) atoms. The number of aromatic amines is 1. The van der Waals surface area contributed by atoms with E-state index in [1.54, 1.807) is 35.4 Å². The molecule has 4 heterocycles. The van der Waals surface area contributed by atoms with E-state index in [1.165, 1.54) is 4.52 Å². The van der Waals surface area contributed by atoms with E-state index in [0.717, 1.165) is 26.9 Å². The van der Waals surface area contributed by atoms with E-state index in [-0.39, 0.29) is 5.56 Å². The molecular formula is C17H14N4OS2. The highest BCUT2D eigenvalue weighted by Crippen LogP contribution is 2.28. The molecule has 0 amide bonds. The molecule has 0 radical (unpaired) electrons. The van der Waals surface area contributed by atoms with Gasteiger partial charge in [-0.1, -0.05) is 12.1 Å². The monoisotopic (exact) mass is 354 g/mol. The van der Waals surface area contributed by atoms with Crippen LogP contribution in [0.3, 0.4) is 0 Å². The van der Waals surface area contributed by atoms with Gasteiger partial charge in [0, 0.05) is 23.6 Å². The molecule has 0 aliphatic carbocycles. The zero-order chi connectivity index (χ0) is 16.5. The number of rotatable bonds is 4. The molecule has 4 aromatic rings. The van der Waals surface area contributed by atoms with E-state index in [0.29, 0.717) is 11.4 Å². The van der Waals surface area contributed by atoms with Crippen molar-refractivity contribution >= 4 is 28.7 Å². The number of hydrogen-bond acceptors (Lipinski definition) is 5. The predicted molar refractivity (Wildman–Crippen MR) is 97.7 cm³/mol. The summed E-state index contributed by atoms with van der Waals surface area (Å²) in [4.78, 5) is 22.5. The highest BCUT2D eigenvalue weighted by molar-refractivity contribution is 7.98. The number of thioether (sulfide) groups is 1. The summed E-state index contributed by atoms with van der Waals surface area (Å²) in [6.45, 7) is 1.99. The van der Waals surface area contributed by atoms with Gasteiger partial charge in [0.05, 0.1) is 21.3 Å². The van der Waals surface area contributed by atoms with Gasteiger partial charge in [0.25, 0.3) is 5.56 Å². The Balaban J connectivity index is 1.71. The maximum absolute atomic E-state index is 12.4. The van der Waals surface area contributed by atoms with Crippen LogP contribution in [-0.4, -0.2) is 19.6 Å². The Morgan fingerprint density at radius 2 is 2.21 bits per heavy atom. The number of fused-ring (bicyclic) bond motifs is 1. The largest absolute Gasteiger partial charge is 0.288 e. The second-order valence-corrected chi connectivity index (χ2v) is 7.23. The van der Waals surface area contributed by atoms with E-state index in [4.69, 9.17) is 0 Å². The lowest BCUT2D eigenvalue weighted by Crippen LogP contribution is -2.15. The van der Waals surface area contributed by atoms with Crippen molar-refractivity contribution in [2.45, 2.75) is 17.7 Å². The molecule has 0 unspecified atom stereocenters. The minimum absolute atomic E-state index is 0.0949. The fourth-order valence-electron chi connectivity index (χ4n) is 2.51. The van der Waals surface area contributed by atoms with Crippen molar-refractivity contribution in [3.05, 3.63) is 69.6 Å². The standard InChI is InChI=1S/C17H14N4OS2/c1-11-16(13-5-4-8-23-13)20-21-15(22)9-12(19-17(11)21)10-24-14-6-2-3-7-18-14/h2-9,20H,10H2,1H3. The molecule has 0 spiro atoms. The van der Waals surface area contributed by atoms with Crippen LogP contribution in [0.25, 0.3) is 16.2 Å². The van der Waals surface area contributed by atoms with Crippen molar-refractivity contribution in [1.82, 2.24) is 19.6 Å². The molecule has 0 saturated carbocycles. The predicted octanol–water partition coefficient (Wildman–Crippen LogP) is 3.75. The first-order valence-electron chi connectivity index (χ1n) is 7.41. The van der Waals surface area contributed by atoms with Crippen LogP contribution in [0.5, 0.6) is 0 Å². The second-order valence-electron chi connectivity index (χ2n) is 5.29. The summed E-state index contributed by atoms with van der Waals surface area (Å²) in [6, 6.07) is 11.4. The van der Waals surface area contributed by atoms with Crippen LogP contribution in [0.15, 0.2) is 57.8 Å². The molecule has 7 heteroatoms. The Hall–Kier alpha value is -2.38. The first-order valence-corrected chi connectivity index (χ1v) is 9.28. The number of nitrogens with one attached hydrogen (secondary N) is 1. The van der Waals surface area contributed by atoms with E-state index < -0.39 is 0 Å². The third-order valence-electron chi connectivity index (χ3n) is 3.68. The van der Waals surface area contributed by atoms with Gasteiger partial charge in [-0.15, -0.1) is 23.1 Å². The molecule has 120 valence electrons. The highest BCUT2D eigenvalue weighted by atomic mass is 32.2. The SMILES string of the molecule is Cc1c(-c2cccs2)[nH]n2c(=O)cc(CSc3ccccn3)nc12. The van der Waals surface area contributed by atoms with E-state index in [1.807, 2.05) is 42.6 Å². The fourth-order valence-corrected chi connectivity index (χ4v) is 4.04. The van der Waals surface area contributed by atoms with E-state index in [2.05, 4.69) is 15.1 Å². The van der Waals surface area contributed by atoms with Crippen LogP contribution in [-0.2, 0) is 5.75 Å². The van der Waals surface area contributed by atoms with Gasteiger partial charge in [-0.3, -0.25) is 9.89 Å². The molecule has 5 nitrogen and oxygen atoms in total. The smallest absolute Gasteiger partial charge is 0.272 e. The fraction of sp³-hybridized carbons (Fsp3) is 0.118. The van der Waals surface area contributed by atoms with Crippen molar-refractivity contribution in [2.75, 3.05) is 0 Å². The minimum Gasteiger partial charge on any atom is -0.288 e. The molecule has 1 N–H and O–H groups in total. The molecule has 0 bridgehead atoms. The van der Waals surface area contributed by atoms with Gasteiger partial charge >= 0.3 is 0 Å². The van der Waals surface area contributed by atoms with Gasteiger partial charge in [-0.2, -0.15) is 0 Å². The van der Waals surface area contributed by atoms with Crippen LogP contribution in [0.2, 0.25) is 0 Å². The Morgan fingerprint density at radius 1 is 1.29 bits per heavy atom. The maximum atomic E-state index is 12.4. The molecule has 0 aromatic carbocycles. The lowest BCUT2D eigenvalue weighted by Gasteiger charge is -2.01. The third kappa shape index (κ3) is 2.76. The highest BCUT2D eigenvalue weighted by Gasteiger charge is 2.14. The number of nitrogens with zero attached hydrogens (tertiary/aromatic N) is 3. The number of aryl methyl sites for hydroxylation is 1. The van der Waals surface area contributed by atoms with Crippen molar-refractivity contribution in [3.8, 4) is 10.6 Å². The van der Waals surface area contributed by atoms with Crippen molar-refractivity contribution in [1.29, 1.82) is 0 Å². The average Bonchev–Trinajstić information content (AvgIpc) is 3.23. The first-order chi connectivity index (χ1) is 11.7. The Labute approximate surface area is 146 Å². The van der Waals surface area contributed by atoms with E-state index >= 15 is 0 Å². The summed E-state index contributed by atoms with van der Waals surface area (Å²) in [5.74, 6) is 0.613. The number of aromatic nitrogens is 4. The summed E-state index contributed by atoms with van der Waals surface area (Å²) < 4.78 is 1.51. The van der Waals surface area contributed by atoms with Gasteiger partial charge in [-0.05, 0) is 30.5 Å². The van der Waals surface area contributed by atoms with Crippen LogP contribution in [0, 0.1) is 6.92 Å². The molecule has 0 atom stereocenters. The average molecular weight is 354 g/mol. The number of hydrogen-bond donors (Lipinski definition) is 1. The topological polar surface area (TPSA) is 63.0 Å². The Bertz CT molecular complexity index is 1040. The van der Waals surface area contributed by atoms with Crippen LogP contribution in [0.4, 0.5) is 0 Å². The summed E-state index contributed by atoms with van der Waals surface area (Å²) in [6.07, 6.45) is 1.76. The minimum atomic E-state index is -0.0949. The van der Waals surface area contributed by atoms with Crippen molar-refractivity contribution in [2.24, 2.45) is 0 Å². The van der Waals surface area contributed by atoms with Crippen molar-refractivity contribution < 1.29 is 0 Å². The summed E-state index contributed by atoms with van der Waals surface area (Å²) >= 11 is 3.21. The summed E-state index contributed by atoms with van der Waals surface area (Å²) in [5, 5.41) is 6.11. The first kappa shape index (κ1) is 15.2. The van der Waals surface area contributed by atoms with Gasteiger partial charge in [0.1, 0.15) is 0 Å². The normalized spacial score (nSPS) is 11.2. The van der Waals surface area contributed by atoms with Gasteiger partial charge < -0.3 is 0 Å². The lowest BCUT2D eigenvalue weighted by atomic mass is 10.2. The lowest BCUT2D eigenvalue weighted by molar-refractivity contribution is 0.891. The van der Waals surface area contributed by atoms with Gasteiger partial charge in [0.2, 0.25) is 0 Å². The molecule has 0 aliphatic heterocycles. The molecule has 0 saturated heterocycles. The third-order valence-corrected chi connectivity index (χ3v) is 5.54. The van der Waals surface area contributed by atoms with Crippen LogP contribution in [0.1, 0.15) is 11.3 Å². The second kappa shape index (κ2) is 6.26.